The molecule has 1 aromatic carbocycles. The van der Waals surface area contributed by atoms with Crippen LogP contribution in [0.15, 0.2) is 17.0 Å². The molecule has 0 amide bonds. The van der Waals surface area contributed by atoms with E-state index in [4.69, 9.17) is 17.3 Å². The lowest BCUT2D eigenvalue weighted by Gasteiger charge is -2.13. The maximum Gasteiger partial charge on any atom is 0.240 e. The summed E-state index contributed by atoms with van der Waals surface area (Å²) in [5.41, 5.74) is 6.71. The predicted octanol–water partition coefficient (Wildman–Crippen LogP) is 3.09. The Labute approximate surface area is 125 Å². The summed E-state index contributed by atoms with van der Waals surface area (Å²) in [7, 11) is -3.54. The van der Waals surface area contributed by atoms with Gasteiger partial charge in [-0.3, -0.25) is 0 Å². The minimum absolute atomic E-state index is 0.175. The monoisotopic (exact) mass is 316 g/mol. The molecule has 2 rings (SSSR count). The first-order chi connectivity index (χ1) is 9.40. The van der Waals surface area contributed by atoms with Gasteiger partial charge in [-0.2, -0.15) is 0 Å². The number of rotatable bonds is 5. The molecule has 0 aliphatic heterocycles. The number of hydrogen-bond acceptors (Lipinski definition) is 3. The van der Waals surface area contributed by atoms with Crippen LogP contribution in [-0.2, 0) is 10.0 Å². The zero-order valence-corrected chi connectivity index (χ0v) is 13.2. The molecule has 0 spiro atoms. The molecule has 4 nitrogen and oxygen atoms in total. The van der Waals surface area contributed by atoms with Crippen molar-refractivity contribution in [2.75, 3.05) is 12.3 Å². The van der Waals surface area contributed by atoms with Crippen LogP contribution in [0.4, 0.5) is 5.69 Å². The van der Waals surface area contributed by atoms with E-state index >= 15 is 0 Å². The molecule has 1 aromatic rings. The predicted molar refractivity (Wildman–Crippen MR) is 82.4 cm³/mol. The number of halogens is 1. The van der Waals surface area contributed by atoms with E-state index in [2.05, 4.69) is 4.72 Å². The lowest BCUT2D eigenvalue weighted by atomic mass is 10.1. The quantitative estimate of drug-likeness (QED) is 0.820. The summed E-state index contributed by atoms with van der Waals surface area (Å²) in [4.78, 5) is 0.175. The van der Waals surface area contributed by atoms with Crippen LogP contribution >= 0.6 is 11.6 Å². The topological polar surface area (TPSA) is 72.2 Å². The Balaban J connectivity index is 2.06. The first-order valence-electron chi connectivity index (χ1n) is 6.95. The molecule has 1 saturated carbocycles. The summed E-state index contributed by atoms with van der Waals surface area (Å²) < 4.78 is 27.3. The highest BCUT2D eigenvalue weighted by atomic mass is 35.5. The summed E-state index contributed by atoms with van der Waals surface area (Å²) in [5, 5.41) is 0.337. The molecule has 112 valence electrons. The zero-order valence-electron chi connectivity index (χ0n) is 11.7. The van der Waals surface area contributed by atoms with Crippen molar-refractivity contribution in [2.24, 2.45) is 5.92 Å². The molecule has 0 radical (unpaired) electrons. The average molecular weight is 317 g/mol. The number of nitrogens with one attached hydrogen (secondary N) is 1. The first-order valence-corrected chi connectivity index (χ1v) is 8.81. The molecule has 1 aliphatic rings. The van der Waals surface area contributed by atoms with Crippen LogP contribution in [0.5, 0.6) is 0 Å². The minimum atomic E-state index is -3.54. The normalized spacial score (nSPS) is 16.7. The van der Waals surface area contributed by atoms with Crippen LogP contribution in [0, 0.1) is 12.8 Å². The molecule has 1 aliphatic carbocycles. The minimum Gasteiger partial charge on any atom is -0.398 e. The van der Waals surface area contributed by atoms with Gasteiger partial charge in [0, 0.05) is 17.3 Å². The Morgan fingerprint density at radius 1 is 1.35 bits per heavy atom. The van der Waals surface area contributed by atoms with Crippen LogP contribution in [0.25, 0.3) is 0 Å². The van der Waals surface area contributed by atoms with Gasteiger partial charge in [0.2, 0.25) is 10.0 Å². The van der Waals surface area contributed by atoms with Crippen molar-refractivity contribution in [3.8, 4) is 0 Å². The van der Waals surface area contributed by atoms with E-state index in [9.17, 15) is 8.42 Å². The molecule has 0 aromatic heterocycles. The van der Waals surface area contributed by atoms with Crippen molar-refractivity contribution in [3.63, 3.8) is 0 Å². The van der Waals surface area contributed by atoms with Gasteiger partial charge in [0.05, 0.1) is 4.90 Å². The average Bonchev–Trinajstić information content (AvgIpc) is 2.86. The second kappa shape index (κ2) is 6.33. The van der Waals surface area contributed by atoms with Crippen LogP contribution in [0.1, 0.15) is 37.7 Å². The summed E-state index contributed by atoms with van der Waals surface area (Å²) >= 11 is 5.89. The summed E-state index contributed by atoms with van der Waals surface area (Å²) in [6.45, 7) is 2.16. The Hall–Kier alpha value is -0.780. The van der Waals surface area contributed by atoms with Gasteiger partial charge in [0.1, 0.15) is 0 Å². The molecule has 0 saturated heterocycles. The summed E-state index contributed by atoms with van der Waals surface area (Å²) in [5.74, 6) is 0.656. The van der Waals surface area contributed by atoms with Crippen molar-refractivity contribution < 1.29 is 8.42 Å². The number of nitrogen functional groups attached to an aromatic ring is 1. The molecule has 0 heterocycles. The van der Waals surface area contributed by atoms with Crippen molar-refractivity contribution in [3.05, 3.63) is 22.7 Å². The highest BCUT2D eigenvalue weighted by molar-refractivity contribution is 7.89. The van der Waals surface area contributed by atoms with Gasteiger partial charge in [0.15, 0.2) is 0 Å². The second-order valence-electron chi connectivity index (χ2n) is 5.46. The molecule has 3 N–H and O–H groups in total. The molecular weight excluding hydrogens is 296 g/mol. The highest BCUT2D eigenvalue weighted by Gasteiger charge is 2.20. The second-order valence-corrected chi connectivity index (χ2v) is 7.63. The molecular formula is C14H21ClN2O2S. The smallest absolute Gasteiger partial charge is 0.240 e. The Kier molecular flexibility index (Phi) is 4.94. The fourth-order valence-electron chi connectivity index (χ4n) is 2.73. The van der Waals surface area contributed by atoms with E-state index in [1.165, 1.54) is 31.7 Å². The van der Waals surface area contributed by atoms with Gasteiger partial charge in [0.25, 0.3) is 0 Å². The largest absolute Gasteiger partial charge is 0.398 e. The number of nitrogens with two attached hydrogens (primary N) is 1. The van der Waals surface area contributed by atoms with E-state index in [0.29, 0.717) is 28.7 Å². The Morgan fingerprint density at radius 3 is 2.65 bits per heavy atom. The van der Waals surface area contributed by atoms with Crippen LogP contribution in [0.2, 0.25) is 5.02 Å². The standard InChI is InChI=1S/C14H21ClN2O2S/c1-10-13(16)8-12(15)9-14(10)20(18,19)17-7-6-11-4-2-3-5-11/h8-9,11,17H,2-7,16H2,1H3. The molecule has 0 bridgehead atoms. The third-order valence-corrected chi connectivity index (χ3v) is 5.78. The van der Waals surface area contributed by atoms with Crippen molar-refractivity contribution in [2.45, 2.75) is 43.9 Å². The van der Waals surface area contributed by atoms with E-state index in [-0.39, 0.29) is 4.90 Å². The van der Waals surface area contributed by atoms with E-state index in [0.717, 1.165) is 6.42 Å². The van der Waals surface area contributed by atoms with Gasteiger partial charge < -0.3 is 5.73 Å². The SMILES string of the molecule is Cc1c(N)cc(Cl)cc1S(=O)(=O)NCCC1CCCC1. The fourth-order valence-corrected chi connectivity index (χ4v) is 4.36. The van der Waals surface area contributed by atoms with Gasteiger partial charge in [-0.15, -0.1) is 0 Å². The van der Waals surface area contributed by atoms with Crippen LogP contribution in [-0.4, -0.2) is 15.0 Å². The number of benzene rings is 1. The third-order valence-electron chi connectivity index (χ3n) is 3.97. The van der Waals surface area contributed by atoms with Gasteiger partial charge in [-0.1, -0.05) is 37.3 Å². The van der Waals surface area contributed by atoms with Crippen molar-refractivity contribution >= 4 is 27.3 Å². The molecule has 20 heavy (non-hydrogen) atoms. The summed E-state index contributed by atoms with van der Waals surface area (Å²) in [6, 6.07) is 3.01. The molecule has 0 atom stereocenters. The van der Waals surface area contributed by atoms with Gasteiger partial charge in [-0.25, -0.2) is 13.1 Å². The summed E-state index contributed by atoms with van der Waals surface area (Å²) in [6.07, 6.45) is 5.85. The number of sulfonamides is 1. The Morgan fingerprint density at radius 2 is 2.00 bits per heavy atom. The third kappa shape index (κ3) is 3.65. The fraction of sp³-hybridized carbons (Fsp3) is 0.571. The lowest BCUT2D eigenvalue weighted by Crippen LogP contribution is -2.26. The van der Waals surface area contributed by atoms with E-state index < -0.39 is 10.0 Å². The van der Waals surface area contributed by atoms with E-state index in [1.54, 1.807) is 13.0 Å². The number of anilines is 1. The van der Waals surface area contributed by atoms with Crippen LogP contribution < -0.4 is 10.5 Å². The Bertz CT molecular complexity index is 581. The maximum atomic E-state index is 12.3. The zero-order chi connectivity index (χ0) is 14.8. The lowest BCUT2D eigenvalue weighted by molar-refractivity contribution is 0.495. The first kappa shape index (κ1) is 15.6. The van der Waals surface area contributed by atoms with Crippen LogP contribution in [0.3, 0.4) is 0 Å². The van der Waals surface area contributed by atoms with Gasteiger partial charge in [-0.05, 0) is 37.0 Å². The highest BCUT2D eigenvalue weighted by Crippen LogP contribution is 2.28. The maximum absolute atomic E-state index is 12.3. The molecule has 1 fully saturated rings. The molecule has 0 unspecified atom stereocenters. The van der Waals surface area contributed by atoms with E-state index in [1.807, 2.05) is 0 Å². The number of hydrogen-bond donors (Lipinski definition) is 2. The van der Waals surface area contributed by atoms with Gasteiger partial charge >= 0.3 is 0 Å². The molecule has 6 heteroatoms. The van der Waals surface area contributed by atoms with Crippen molar-refractivity contribution in [1.29, 1.82) is 0 Å². The van der Waals surface area contributed by atoms with Crippen molar-refractivity contribution in [1.82, 2.24) is 4.72 Å².